The van der Waals surface area contributed by atoms with Gasteiger partial charge in [0, 0.05) is 53.2 Å². The van der Waals surface area contributed by atoms with Crippen LogP contribution in [0.3, 0.4) is 0 Å². The molecule has 0 saturated carbocycles. The quantitative estimate of drug-likeness (QED) is 0.410. The summed E-state index contributed by atoms with van der Waals surface area (Å²) >= 11 is 7.31. The summed E-state index contributed by atoms with van der Waals surface area (Å²) < 4.78 is 3.60. The van der Waals surface area contributed by atoms with Crippen molar-refractivity contribution in [3.63, 3.8) is 0 Å². The molecule has 1 N–H and O–H groups in total. The third kappa shape index (κ3) is 3.63. The van der Waals surface area contributed by atoms with E-state index in [2.05, 4.69) is 15.0 Å². The van der Waals surface area contributed by atoms with Crippen LogP contribution in [0.25, 0.3) is 27.9 Å². The Bertz CT molecular complexity index is 1510. The van der Waals surface area contributed by atoms with Crippen LogP contribution in [0, 0.1) is 6.92 Å². The third-order valence-electron chi connectivity index (χ3n) is 5.14. The van der Waals surface area contributed by atoms with Gasteiger partial charge in [-0.2, -0.15) is 8.97 Å². The number of hydrogen-bond acceptors (Lipinski definition) is 6. The maximum atomic E-state index is 13.4. The minimum Gasteiger partial charge on any atom is -0.477 e. The summed E-state index contributed by atoms with van der Waals surface area (Å²) in [5.74, 6) is -0.147. The number of halogens is 1. The SMILES string of the molecule is Cc1ccc(-c2cncc(-c3c(O)[n+](Cc4cnc(Cl)s4)c4ccccn4c3=O)c2)cn1. The highest BCUT2D eigenvalue weighted by atomic mass is 35.5. The van der Waals surface area contributed by atoms with Crippen LogP contribution < -0.4 is 10.1 Å². The van der Waals surface area contributed by atoms with Crippen molar-refractivity contribution in [1.29, 1.82) is 0 Å². The second kappa shape index (κ2) is 8.14. The lowest BCUT2D eigenvalue weighted by Gasteiger charge is -2.10. The van der Waals surface area contributed by atoms with Gasteiger partial charge < -0.3 is 5.11 Å². The first-order valence-electron chi connectivity index (χ1n) is 9.76. The second-order valence-electron chi connectivity index (χ2n) is 7.25. The van der Waals surface area contributed by atoms with Gasteiger partial charge in [0.2, 0.25) is 0 Å². The molecule has 9 heteroatoms. The summed E-state index contributed by atoms with van der Waals surface area (Å²) in [5.41, 5.74) is 3.48. The molecule has 0 unspecified atom stereocenters. The van der Waals surface area contributed by atoms with Crippen LogP contribution in [0.2, 0.25) is 4.47 Å². The van der Waals surface area contributed by atoms with Crippen LogP contribution in [0.5, 0.6) is 5.88 Å². The number of aromatic nitrogens is 5. The van der Waals surface area contributed by atoms with E-state index in [9.17, 15) is 9.90 Å². The van der Waals surface area contributed by atoms with E-state index in [0.29, 0.717) is 22.2 Å². The van der Waals surface area contributed by atoms with E-state index in [4.69, 9.17) is 11.6 Å². The number of fused-ring (bicyclic) bond motifs is 1. The smallest absolute Gasteiger partial charge is 0.354 e. The second-order valence-corrected chi connectivity index (χ2v) is 8.95. The Balaban J connectivity index is 1.72. The fraction of sp³-hybridized carbons (Fsp3) is 0.0870. The standard InChI is InChI=1S/C23H16ClN5O2S/c1-14-5-6-15(11-26-14)16-8-17(10-25-9-16)20-21(30)28-7-3-2-4-19(28)29(22(20)31)13-18-12-27-23(24)32-18/h2-12H,13H2,1H3/p+1. The fourth-order valence-electron chi connectivity index (χ4n) is 3.58. The molecule has 0 aliphatic heterocycles. The van der Waals surface area contributed by atoms with E-state index in [0.717, 1.165) is 21.7 Å². The predicted octanol–water partition coefficient (Wildman–Crippen LogP) is 3.88. The molecule has 5 heterocycles. The molecule has 32 heavy (non-hydrogen) atoms. The third-order valence-corrected chi connectivity index (χ3v) is 6.24. The van der Waals surface area contributed by atoms with Gasteiger partial charge in [-0.05, 0) is 25.1 Å². The van der Waals surface area contributed by atoms with E-state index >= 15 is 0 Å². The Morgan fingerprint density at radius 1 is 1.06 bits per heavy atom. The van der Waals surface area contributed by atoms with Crippen LogP contribution in [0.4, 0.5) is 0 Å². The molecule has 0 radical (unpaired) electrons. The van der Waals surface area contributed by atoms with Gasteiger partial charge in [0.1, 0.15) is 6.54 Å². The van der Waals surface area contributed by atoms with Crippen LogP contribution in [-0.4, -0.2) is 24.5 Å². The first-order chi connectivity index (χ1) is 15.5. The van der Waals surface area contributed by atoms with Crippen molar-refractivity contribution in [2.75, 3.05) is 0 Å². The van der Waals surface area contributed by atoms with E-state index in [1.54, 1.807) is 47.7 Å². The van der Waals surface area contributed by atoms with Crippen LogP contribution in [-0.2, 0) is 6.54 Å². The Labute approximate surface area is 191 Å². The summed E-state index contributed by atoms with van der Waals surface area (Å²) in [6.07, 6.45) is 8.38. The van der Waals surface area contributed by atoms with Crippen LogP contribution >= 0.6 is 22.9 Å². The molecule has 5 aromatic rings. The monoisotopic (exact) mass is 462 g/mol. The molecule has 0 amide bonds. The first kappa shape index (κ1) is 20.3. The molecular weight excluding hydrogens is 446 g/mol. The summed E-state index contributed by atoms with van der Waals surface area (Å²) in [5, 5.41) is 11.2. The van der Waals surface area contributed by atoms with Crippen molar-refractivity contribution < 1.29 is 9.67 Å². The van der Waals surface area contributed by atoms with E-state index in [-0.39, 0.29) is 17.0 Å². The molecule has 158 valence electrons. The summed E-state index contributed by atoms with van der Waals surface area (Å²) in [6.45, 7) is 2.23. The predicted molar refractivity (Wildman–Crippen MR) is 123 cm³/mol. The molecule has 0 bridgehead atoms. The fourth-order valence-corrected chi connectivity index (χ4v) is 4.55. The number of nitrogens with zero attached hydrogens (tertiary/aromatic N) is 5. The van der Waals surface area contributed by atoms with Gasteiger partial charge in [0.15, 0.2) is 10.0 Å². The number of rotatable bonds is 4. The molecule has 7 nitrogen and oxygen atoms in total. The summed E-state index contributed by atoms with van der Waals surface area (Å²) in [4.78, 5) is 26.9. The lowest BCUT2D eigenvalue weighted by molar-refractivity contribution is -0.671. The molecule has 5 aromatic heterocycles. The Kier molecular flexibility index (Phi) is 5.16. The van der Waals surface area contributed by atoms with E-state index < -0.39 is 0 Å². The largest absolute Gasteiger partial charge is 0.477 e. The first-order valence-corrected chi connectivity index (χ1v) is 11.0. The van der Waals surface area contributed by atoms with Crippen molar-refractivity contribution in [3.8, 4) is 28.1 Å². The zero-order valence-electron chi connectivity index (χ0n) is 16.9. The molecular formula is C23H17ClN5O2S+. The summed E-state index contributed by atoms with van der Waals surface area (Å²) in [7, 11) is 0. The zero-order valence-corrected chi connectivity index (χ0v) is 18.5. The highest BCUT2D eigenvalue weighted by Crippen LogP contribution is 2.28. The average molecular weight is 463 g/mol. The van der Waals surface area contributed by atoms with E-state index in [1.807, 2.05) is 31.2 Å². The lowest BCUT2D eigenvalue weighted by Crippen LogP contribution is -2.41. The highest BCUT2D eigenvalue weighted by molar-refractivity contribution is 7.15. The molecule has 0 fully saturated rings. The average Bonchev–Trinajstić information content (AvgIpc) is 3.22. The molecule has 0 saturated heterocycles. The number of thiazole rings is 1. The zero-order chi connectivity index (χ0) is 22.2. The van der Waals surface area contributed by atoms with E-state index in [1.165, 1.54) is 15.7 Å². The van der Waals surface area contributed by atoms with Gasteiger partial charge >= 0.3 is 5.56 Å². The number of pyridine rings is 3. The van der Waals surface area contributed by atoms with Crippen molar-refractivity contribution in [2.45, 2.75) is 13.5 Å². The van der Waals surface area contributed by atoms with Gasteiger partial charge in [-0.15, -0.1) is 11.3 Å². The van der Waals surface area contributed by atoms with Crippen molar-refractivity contribution in [2.24, 2.45) is 0 Å². The molecule has 0 spiro atoms. The van der Waals surface area contributed by atoms with Crippen LogP contribution in [0.1, 0.15) is 10.6 Å². The van der Waals surface area contributed by atoms with Crippen molar-refractivity contribution in [1.82, 2.24) is 19.4 Å². The van der Waals surface area contributed by atoms with Crippen LogP contribution in [0.15, 0.2) is 72.2 Å². The minimum absolute atomic E-state index is 0.147. The maximum absolute atomic E-state index is 13.4. The topological polar surface area (TPSA) is 84.3 Å². The van der Waals surface area contributed by atoms with Gasteiger partial charge in [-0.25, -0.2) is 9.78 Å². The Hall–Kier alpha value is -3.62. The van der Waals surface area contributed by atoms with Gasteiger partial charge in [0.05, 0.1) is 11.1 Å². The number of aromatic hydroxyl groups is 1. The molecule has 0 aliphatic rings. The van der Waals surface area contributed by atoms with Gasteiger partial charge in [0.25, 0.3) is 11.5 Å². The molecule has 0 aromatic carbocycles. The number of hydrogen-bond donors (Lipinski definition) is 1. The maximum Gasteiger partial charge on any atom is 0.354 e. The van der Waals surface area contributed by atoms with Crippen molar-refractivity contribution >= 4 is 28.6 Å². The highest BCUT2D eigenvalue weighted by Gasteiger charge is 2.26. The normalized spacial score (nSPS) is 11.2. The Morgan fingerprint density at radius 2 is 1.91 bits per heavy atom. The van der Waals surface area contributed by atoms with Gasteiger partial charge in [-0.1, -0.05) is 23.7 Å². The molecule has 0 aliphatic carbocycles. The number of aryl methyl sites for hydroxylation is 1. The minimum atomic E-state index is -0.335. The molecule has 5 rings (SSSR count). The summed E-state index contributed by atoms with van der Waals surface area (Å²) in [6, 6.07) is 11.1. The van der Waals surface area contributed by atoms with Crippen molar-refractivity contribution in [3.05, 3.63) is 92.8 Å². The Morgan fingerprint density at radius 3 is 2.66 bits per heavy atom. The molecule has 0 atom stereocenters. The van der Waals surface area contributed by atoms with Gasteiger partial charge in [-0.3, -0.25) is 9.97 Å². The lowest BCUT2D eigenvalue weighted by atomic mass is 10.0.